The maximum absolute atomic E-state index is 4.82. The second-order valence-corrected chi connectivity index (χ2v) is 5.32. The second kappa shape index (κ2) is 8.00. The van der Waals surface area contributed by atoms with Crippen molar-refractivity contribution in [3.8, 4) is 0 Å². The Bertz CT molecular complexity index is 470. The van der Waals surface area contributed by atoms with Crippen LogP contribution in [0, 0.1) is 0 Å². The molecule has 0 amide bonds. The first-order valence-electron chi connectivity index (χ1n) is 6.40. The van der Waals surface area contributed by atoms with Crippen molar-refractivity contribution < 1.29 is 4.84 Å². The average molecular weight is 273 g/mol. The third-order valence-electron chi connectivity index (χ3n) is 2.83. The van der Waals surface area contributed by atoms with Gasteiger partial charge in [0.2, 0.25) is 0 Å². The van der Waals surface area contributed by atoms with Crippen molar-refractivity contribution in [3.63, 3.8) is 0 Å². The Morgan fingerprint density at radius 3 is 2.37 bits per heavy atom. The summed E-state index contributed by atoms with van der Waals surface area (Å²) < 4.78 is 0. The highest BCUT2D eigenvalue weighted by atomic mass is 32.2. The molecule has 0 heterocycles. The molecule has 1 N–H and O–H groups in total. The fourth-order valence-electron chi connectivity index (χ4n) is 1.79. The van der Waals surface area contributed by atoms with E-state index in [-0.39, 0.29) is 0 Å². The molecular formula is C16H19NOS. The summed E-state index contributed by atoms with van der Waals surface area (Å²) in [5.74, 6) is 1.02. The molecule has 0 aromatic heterocycles. The molecule has 2 aromatic carbocycles. The van der Waals surface area contributed by atoms with Gasteiger partial charge in [-0.25, -0.2) is 5.48 Å². The molecule has 19 heavy (non-hydrogen) atoms. The van der Waals surface area contributed by atoms with Gasteiger partial charge in [0.05, 0.1) is 7.11 Å². The Labute approximate surface area is 119 Å². The van der Waals surface area contributed by atoms with Gasteiger partial charge in [0, 0.05) is 17.2 Å². The number of hydrogen-bond acceptors (Lipinski definition) is 3. The van der Waals surface area contributed by atoms with Gasteiger partial charge < -0.3 is 4.84 Å². The molecule has 2 rings (SSSR count). The summed E-state index contributed by atoms with van der Waals surface area (Å²) >= 11 is 1.87. The maximum atomic E-state index is 4.82. The predicted octanol–water partition coefficient (Wildman–Crippen LogP) is 3.67. The van der Waals surface area contributed by atoms with Crippen molar-refractivity contribution >= 4 is 11.8 Å². The summed E-state index contributed by atoms with van der Waals surface area (Å²) in [7, 11) is 1.64. The molecule has 0 unspecified atom stereocenters. The molecule has 0 atom stereocenters. The Balaban J connectivity index is 1.81. The molecule has 2 nitrogen and oxygen atoms in total. The lowest BCUT2D eigenvalue weighted by atomic mass is 10.2. The monoisotopic (exact) mass is 273 g/mol. The number of rotatable bonds is 7. The molecule has 0 bridgehead atoms. The summed E-state index contributed by atoms with van der Waals surface area (Å²) in [6, 6.07) is 19.3. The summed E-state index contributed by atoms with van der Waals surface area (Å²) in [5, 5.41) is 0. The Kier molecular flexibility index (Phi) is 5.95. The molecule has 100 valence electrons. The van der Waals surface area contributed by atoms with E-state index in [0.717, 1.165) is 18.7 Å². The lowest BCUT2D eigenvalue weighted by molar-refractivity contribution is 0.0928. The number of nitrogens with one attached hydrogen (secondary N) is 1. The summed E-state index contributed by atoms with van der Waals surface area (Å²) in [5.41, 5.74) is 5.54. The normalized spacial score (nSPS) is 10.6. The number of benzene rings is 2. The third kappa shape index (κ3) is 5.07. The van der Waals surface area contributed by atoms with E-state index in [1.54, 1.807) is 7.11 Å². The van der Waals surface area contributed by atoms with Crippen LogP contribution in [0.2, 0.25) is 0 Å². The van der Waals surface area contributed by atoms with E-state index in [1.165, 1.54) is 16.0 Å². The minimum atomic E-state index is 0.840. The average Bonchev–Trinajstić information content (AvgIpc) is 2.48. The quantitative estimate of drug-likeness (QED) is 0.472. The van der Waals surface area contributed by atoms with Crippen LogP contribution in [0.15, 0.2) is 59.5 Å². The van der Waals surface area contributed by atoms with Crippen LogP contribution in [-0.2, 0) is 17.0 Å². The van der Waals surface area contributed by atoms with Crippen LogP contribution in [0.5, 0.6) is 0 Å². The molecular weight excluding hydrogens is 254 g/mol. The molecule has 0 spiro atoms. The van der Waals surface area contributed by atoms with Crippen molar-refractivity contribution in [2.24, 2.45) is 0 Å². The van der Waals surface area contributed by atoms with Crippen molar-refractivity contribution in [1.29, 1.82) is 0 Å². The van der Waals surface area contributed by atoms with Crippen molar-refractivity contribution in [3.05, 3.63) is 65.7 Å². The van der Waals surface area contributed by atoms with Gasteiger partial charge in [-0.1, -0.05) is 42.5 Å². The fourth-order valence-corrected chi connectivity index (χ4v) is 2.64. The first kappa shape index (κ1) is 14.1. The SMILES string of the molecule is CONCCc1ccc(SCc2ccccc2)cc1. The van der Waals surface area contributed by atoms with E-state index in [9.17, 15) is 0 Å². The number of hydroxylamine groups is 1. The predicted molar refractivity (Wildman–Crippen MR) is 81.2 cm³/mol. The van der Waals surface area contributed by atoms with Gasteiger partial charge in [0.25, 0.3) is 0 Å². The summed E-state index contributed by atoms with van der Waals surface area (Å²) in [6.45, 7) is 0.840. The molecule has 0 saturated carbocycles. The van der Waals surface area contributed by atoms with E-state index < -0.39 is 0 Å². The van der Waals surface area contributed by atoms with E-state index in [2.05, 4.69) is 60.1 Å². The minimum absolute atomic E-state index is 0.840. The largest absolute Gasteiger partial charge is 0.305 e. The highest BCUT2D eigenvalue weighted by molar-refractivity contribution is 7.98. The second-order valence-electron chi connectivity index (χ2n) is 4.27. The maximum Gasteiger partial charge on any atom is 0.0572 e. The van der Waals surface area contributed by atoms with Gasteiger partial charge in [-0.3, -0.25) is 0 Å². The Hall–Kier alpha value is -1.29. The summed E-state index contributed by atoms with van der Waals surface area (Å²) in [4.78, 5) is 6.13. The van der Waals surface area contributed by atoms with Gasteiger partial charge in [-0.2, -0.15) is 0 Å². The van der Waals surface area contributed by atoms with Crippen LogP contribution < -0.4 is 5.48 Å². The summed E-state index contributed by atoms with van der Waals surface area (Å²) in [6.07, 6.45) is 0.984. The van der Waals surface area contributed by atoms with E-state index in [0.29, 0.717) is 0 Å². The zero-order chi connectivity index (χ0) is 13.3. The minimum Gasteiger partial charge on any atom is -0.305 e. The van der Waals surface area contributed by atoms with Crippen LogP contribution in [0.4, 0.5) is 0 Å². The first-order chi connectivity index (χ1) is 9.38. The van der Waals surface area contributed by atoms with Crippen LogP contribution >= 0.6 is 11.8 Å². The van der Waals surface area contributed by atoms with Crippen LogP contribution in [-0.4, -0.2) is 13.7 Å². The highest BCUT2D eigenvalue weighted by Gasteiger charge is 1.97. The molecule has 0 aliphatic carbocycles. The van der Waals surface area contributed by atoms with E-state index in [4.69, 9.17) is 4.84 Å². The van der Waals surface area contributed by atoms with Crippen molar-refractivity contribution in [2.75, 3.05) is 13.7 Å². The van der Waals surface area contributed by atoms with Crippen molar-refractivity contribution in [1.82, 2.24) is 5.48 Å². The standard InChI is InChI=1S/C16H19NOS/c1-18-17-12-11-14-7-9-16(10-8-14)19-13-15-5-3-2-4-6-15/h2-10,17H,11-13H2,1H3. The third-order valence-corrected chi connectivity index (χ3v) is 3.91. The van der Waals surface area contributed by atoms with Crippen LogP contribution in [0.25, 0.3) is 0 Å². The highest BCUT2D eigenvalue weighted by Crippen LogP contribution is 2.22. The molecule has 0 aliphatic heterocycles. The van der Waals surface area contributed by atoms with Gasteiger partial charge in [0.15, 0.2) is 0 Å². The number of hydrogen-bond donors (Lipinski definition) is 1. The van der Waals surface area contributed by atoms with Gasteiger partial charge in [-0.05, 0) is 29.7 Å². The molecule has 0 fully saturated rings. The van der Waals surface area contributed by atoms with E-state index >= 15 is 0 Å². The Morgan fingerprint density at radius 2 is 1.68 bits per heavy atom. The fraction of sp³-hybridized carbons (Fsp3) is 0.250. The molecule has 2 aromatic rings. The zero-order valence-electron chi connectivity index (χ0n) is 11.1. The molecule has 0 aliphatic rings. The smallest absolute Gasteiger partial charge is 0.0572 e. The zero-order valence-corrected chi connectivity index (χ0v) is 12.0. The Morgan fingerprint density at radius 1 is 0.947 bits per heavy atom. The van der Waals surface area contributed by atoms with Crippen LogP contribution in [0.1, 0.15) is 11.1 Å². The topological polar surface area (TPSA) is 21.3 Å². The first-order valence-corrected chi connectivity index (χ1v) is 7.38. The molecule has 0 saturated heterocycles. The van der Waals surface area contributed by atoms with Crippen LogP contribution in [0.3, 0.4) is 0 Å². The van der Waals surface area contributed by atoms with Crippen molar-refractivity contribution in [2.45, 2.75) is 17.1 Å². The lowest BCUT2D eigenvalue weighted by Crippen LogP contribution is -2.14. The number of thioether (sulfide) groups is 1. The van der Waals surface area contributed by atoms with Gasteiger partial charge in [-0.15, -0.1) is 11.8 Å². The van der Waals surface area contributed by atoms with E-state index in [1.807, 2.05) is 11.8 Å². The van der Waals surface area contributed by atoms with Gasteiger partial charge in [0.1, 0.15) is 0 Å². The molecule has 3 heteroatoms. The molecule has 0 radical (unpaired) electrons. The van der Waals surface area contributed by atoms with Gasteiger partial charge >= 0.3 is 0 Å². The lowest BCUT2D eigenvalue weighted by Gasteiger charge is -2.05.